The summed E-state index contributed by atoms with van der Waals surface area (Å²) in [6.07, 6.45) is -4.43. The van der Waals surface area contributed by atoms with Gasteiger partial charge in [0, 0.05) is 11.4 Å². The average molecular weight is 252 g/mol. The molecule has 0 aromatic heterocycles. The summed E-state index contributed by atoms with van der Waals surface area (Å²) in [5.74, 6) is -0.479. The Morgan fingerprint density at radius 2 is 2.06 bits per heavy atom. The molecule has 0 fully saturated rings. The van der Waals surface area contributed by atoms with Crippen molar-refractivity contribution in [3.63, 3.8) is 0 Å². The second-order valence-electron chi connectivity index (χ2n) is 3.09. The van der Waals surface area contributed by atoms with Gasteiger partial charge in [-0.25, -0.2) is 0 Å². The smallest absolute Gasteiger partial charge is 0.326 e. The van der Waals surface area contributed by atoms with E-state index in [1.807, 2.05) is 0 Å². The fourth-order valence-corrected chi connectivity index (χ4v) is 1.27. The summed E-state index contributed by atoms with van der Waals surface area (Å²) < 4.78 is 37.7. The van der Waals surface area contributed by atoms with Crippen LogP contribution in [0.3, 0.4) is 0 Å². The summed E-state index contributed by atoms with van der Waals surface area (Å²) in [6, 6.07) is 3.22. The van der Waals surface area contributed by atoms with Crippen molar-refractivity contribution in [2.75, 3.05) is 5.32 Å². The molecule has 88 valence electrons. The van der Waals surface area contributed by atoms with Crippen LogP contribution in [-0.4, -0.2) is 5.91 Å². The van der Waals surface area contributed by atoms with E-state index in [1.54, 1.807) is 6.92 Å². The van der Waals surface area contributed by atoms with Crippen molar-refractivity contribution in [1.29, 1.82) is 0 Å². The number of hydrogen-bond donors (Lipinski definition) is 1. The lowest BCUT2D eigenvalue weighted by atomic mass is 10.1. The summed E-state index contributed by atoms with van der Waals surface area (Å²) in [7, 11) is 0. The Bertz CT molecular complexity index is 404. The molecule has 6 heteroatoms. The molecule has 16 heavy (non-hydrogen) atoms. The molecule has 2 nitrogen and oxygen atoms in total. The van der Waals surface area contributed by atoms with E-state index in [0.29, 0.717) is 0 Å². The van der Waals surface area contributed by atoms with Crippen molar-refractivity contribution in [2.45, 2.75) is 19.5 Å². The first-order valence-corrected chi connectivity index (χ1v) is 4.89. The predicted molar refractivity (Wildman–Crippen MR) is 55.4 cm³/mol. The average Bonchev–Trinajstić information content (AvgIpc) is 2.19. The van der Waals surface area contributed by atoms with E-state index in [-0.39, 0.29) is 17.1 Å². The molecule has 0 bridgehead atoms. The summed E-state index contributed by atoms with van der Waals surface area (Å²) in [5.41, 5.74) is -1.22. The quantitative estimate of drug-likeness (QED) is 0.853. The monoisotopic (exact) mass is 251 g/mol. The van der Waals surface area contributed by atoms with Gasteiger partial charge >= 0.3 is 6.18 Å². The van der Waals surface area contributed by atoms with E-state index in [2.05, 4.69) is 5.32 Å². The molecule has 0 aliphatic rings. The van der Waals surface area contributed by atoms with Gasteiger partial charge in [0.05, 0.1) is 11.3 Å². The van der Waals surface area contributed by atoms with Gasteiger partial charge in [-0.05, 0) is 18.2 Å². The molecule has 0 saturated carbocycles. The van der Waals surface area contributed by atoms with Crippen LogP contribution in [0, 0.1) is 0 Å². The molecule has 0 unspecified atom stereocenters. The fraction of sp³-hybridized carbons (Fsp3) is 0.300. The molecular formula is C10H9ClF3NO. The Morgan fingerprint density at radius 1 is 1.44 bits per heavy atom. The number of amides is 1. The Labute approximate surface area is 95.4 Å². The van der Waals surface area contributed by atoms with Crippen LogP contribution in [0.15, 0.2) is 18.2 Å². The zero-order valence-corrected chi connectivity index (χ0v) is 9.12. The Morgan fingerprint density at radius 3 is 2.56 bits per heavy atom. The second-order valence-corrected chi connectivity index (χ2v) is 3.53. The first-order valence-electron chi connectivity index (χ1n) is 4.51. The molecule has 1 rings (SSSR count). The van der Waals surface area contributed by atoms with Gasteiger partial charge in [0.25, 0.3) is 0 Å². The van der Waals surface area contributed by atoms with E-state index < -0.39 is 17.6 Å². The molecule has 0 heterocycles. The molecule has 1 aromatic carbocycles. The molecule has 0 radical (unpaired) electrons. The lowest BCUT2D eigenvalue weighted by Gasteiger charge is -2.13. The van der Waals surface area contributed by atoms with Crippen molar-refractivity contribution in [3.05, 3.63) is 28.8 Å². The van der Waals surface area contributed by atoms with Gasteiger partial charge < -0.3 is 5.32 Å². The molecule has 0 spiro atoms. The van der Waals surface area contributed by atoms with Crippen LogP contribution >= 0.6 is 11.6 Å². The second kappa shape index (κ2) is 4.74. The van der Waals surface area contributed by atoms with Crippen molar-refractivity contribution in [3.8, 4) is 0 Å². The highest BCUT2D eigenvalue weighted by Crippen LogP contribution is 2.36. The first kappa shape index (κ1) is 12.8. The molecule has 0 atom stereocenters. The van der Waals surface area contributed by atoms with Crippen LogP contribution in [0.1, 0.15) is 18.9 Å². The van der Waals surface area contributed by atoms with E-state index in [4.69, 9.17) is 11.6 Å². The third kappa shape index (κ3) is 3.13. The van der Waals surface area contributed by atoms with Crippen molar-refractivity contribution < 1.29 is 18.0 Å². The van der Waals surface area contributed by atoms with Crippen molar-refractivity contribution in [2.24, 2.45) is 0 Å². The number of hydrogen-bond acceptors (Lipinski definition) is 1. The third-order valence-corrected chi connectivity index (χ3v) is 2.12. The molecule has 1 aromatic rings. The van der Waals surface area contributed by atoms with Crippen LogP contribution in [0.4, 0.5) is 18.9 Å². The maximum absolute atomic E-state index is 12.6. The minimum absolute atomic E-state index is 0.0261. The number of halogens is 4. The lowest BCUT2D eigenvalue weighted by Crippen LogP contribution is -2.15. The van der Waals surface area contributed by atoms with Crippen LogP contribution in [-0.2, 0) is 11.0 Å². The first-order chi connectivity index (χ1) is 7.34. The standard InChI is InChI=1S/C10H9ClF3NO/c1-2-9(16)15-8-4-3-6(11)5-7(8)10(12,13)14/h3-5H,2H2,1H3,(H,15,16). The molecule has 0 aliphatic heterocycles. The molecule has 0 saturated heterocycles. The van der Waals surface area contributed by atoms with Crippen LogP contribution in [0.25, 0.3) is 0 Å². The molecule has 0 aliphatic carbocycles. The Balaban J connectivity index is 3.13. The molecule has 1 N–H and O–H groups in total. The van der Waals surface area contributed by atoms with Gasteiger partial charge in [-0.1, -0.05) is 18.5 Å². The van der Waals surface area contributed by atoms with E-state index in [9.17, 15) is 18.0 Å². The summed E-state index contributed by atoms with van der Waals surface area (Å²) in [6.45, 7) is 1.55. The number of benzene rings is 1. The number of carbonyl (C=O) groups excluding carboxylic acids is 1. The van der Waals surface area contributed by atoms with Crippen LogP contribution in [0.2, 0.25) is 5.02 Å². The van der Waals surface area contributed by atoms with E-state index in [0.717, 1.165) is 12.1 Å². The third-order valence-electron chi connectivity index (χ3n) is 1.88. The minimum Gasteiger partial charge on any atom is -0.326 e. The fourth-order valence-electron chi connectivity index (χ4n) is 1.10. The van der Waals surface area contributed by atoms with E-state index in [1.165, 1.54) is 6.07 Å². The van der Waals surface area contributed by atoms with Gasteiger partial charge in [0.15, 0.2) is 0 Å². The predicted octanol–water partition coefficient (Wildman–Crippen LogP) is 3.71. The van der Waals surface area contributed by atoms with E-state index >= 15 is 0 Å². The highest BCUT2D eigenvalue weighted by molar-refractivity contribution is 6.30. The number of rotatable bonds is 2. The van der Waals surface area contributed by atoms with Gasteiger partial charge in [-0.3, -0.25) is 4.79 Å². The Hall–Kier alpha value is -1.23. The summed E-state index contributed by atoms with van der Waals surface area (Å²) in [4.78, 5) is 11.0. The lowest BCUT2D eigenvalue weighted by molar-refractivity contribution is -0.137. The van der Waals surface area contributed by atoms with Crippen molar-refractivity contribution in [1.82, 2.24) is 0 Å². The number of alkyl halides is 3. The minimum atomic E-state index is -4.54. The SMILES string of the molecule is CCC(=O)Nc1ccc(Cl)cc1C(F)(F)F. The van der Waals surface area contributed by atoms with Gasteiger partial charge in [-0.2, -0.15) is 13.2 Å². The normalized spacial score (nSPS) is 11.3. The highest BCUT2D eigenvalue weighted by Gasteiger charge is 2.34. The number of anilines is 1. The van der Waals surface area contributed by atoms with Crippen LogP contribution < -0.4 is 5.32 Å². The highest BCUT2D eigenvalue weighted by atomic mass is 35.5. The zero-order valence-electron chi connectivity index (χ0n) is 8.36. The maximum Gasteiger partial charge on any atom is 0.418 e. The number of carbonyl (C=O) groups is 1. The molecule has 1 amide bonds. The van der Waals surface area contributed by atoms with Crippen LogP contribution in [0.5, 0.6) is 0 Å². The van der Waals surface area contributed by atoms with Gasteiger partial charge in [-0.15, -0.1) is 0 Å². The topological polar surface area (TPSA) is 29.1 Å². The largest absolute Gasteiger partial charge is 0.418 e. The maximum atomic E-state index is 12.6. The van der Waals surface area contributed by atoms with Gasteiger partial charge in [0.2, 0.25) is 5.91 Å². The Kier molecular flexibility index (Phi) is 3.80. The number of nitrogens with one attached hydrogen (secondary N) is 1. The van der Waals surface area contributed by atoms with Gasteiger partial charge in [0.1, 0.15) is 0 Å². The summed E-state index contributed by atoms with van der Waals surface area (Å²) in [5, 5.41) is 2.15. The molecular weight excluding hydrogens is 243 g/mol. The van der Waals surface area contributed by atoms with Crippen molar-refractivity contribution >= 4 is 23.2 Å². The summed E-state index contributed by atoms with van der Waals surface area (Å²) >= 11 is 5.48. The zero-order chi connectivity index (χ0) is 12.3.